The van der Waals surface area contributed by atoms with Crippen molar-refractivity contribution in [2.75, 3.05) is 20.3 Å². The van der Waals surface area contributed by atoms with Crippen molar-refractivity contribution in [3.63, 3.8) is 0 Å². The fourth-order valence-electron chi connectivity index (χ4n) is 4.53. The maximum absolute atomic E-state index is 13.6. The molecule has 182 valence electrons. The second kappa shape index (κ2) is 10.6. The summed E-state index contributed by atoms with van der Waals surface area (Å²) in [6, 6.07) is 16.9. The first-order chi connectivity index (χ1) is 16.9. The third-order valence-corrected chi connectivity index (χ3v) is 6.25. The van der Waals surface area contributed by atoms with E-state index in [2.05, 4.69) is 15.5 Å². The third-order valence-electron chi connectivity index (χ3n) is 6.25. The van der Waals surface area contributed by atoms with Gasteiger partial charge in [-0.2, -0.15) is 15.0 Å². The Bertz CT molecular complexity index is 1210. The second-order valence-corrected chi connectivity index (χ2v) is 8.69. The van der Waals surface area contributed by atoms with E-state index in [-0.39, 0.29) is 43.7 Å². The third kappa shape index (κ3) is 5.14. The highest BCUT2D eigenvalue weighted by atomic mass is 16.5. The molecular formula is C26H29N5O4. The molecule has 35 heavy (non-hydrogen) atoms. The van der Waals surface area contributed by atoms with E-state index in [1.807, 2.05) is 61.5 Å². The molecule has 1 saturated heterocycles. The van der Waals surface area contributed by atoms with E-state index in [9.17, 15) is 14.4 Å². The summed E-state index contributed by atoms with van der Waals surface area (Å²) >= 11 is 0. The molecule has 1 aromatic heterocycles. The highest BCUT2D eigenvalue weighted by Gasteiger charge is 2.53. The van der Waals surface area contributed by atoms with Gasteiger partial charge in [-0.15, -0.1) is 0 Å². The van der Waals surface area contributed by atoms with Crippen molar-refractivity contribution in [3.8, 4) is 5.69 Å². The Kier molecular flexibility index (Phi) is 7.36. The van der Waals surface area contributed by atoms with Crippen LogP contribution in [-0.2, 0) is 31.1 Å². The largest absolute Gasteiger partial charge is 0.385 e. The van der Waals surface area contributed by atoms with Crippen LogP contribution in [0.1, 0.15) is 36.1 Å². The maximum atomic E-state index is 13.6. The average Bonchev–Trinajstić information content (AvgIpc) is 3.43. The SMILES string of the molecule is COCCCN1C(=O)C[C@](CC(=O)NCc2cnn(-c3ccccc3)n2)(c2ccccc2C)C1=O. The number of benzene rings is 2. The number of hydrogen-bond donors (Lipinski definition) is 1. The number of imide groups is 1. The monoisotopic (exact) mass is 475 g/mol. The van der Waals surface area contributed by atoms with Crippen LogP contribution in [0.2, 0.25) is 0 Å². The number of amides is 3. The summed E-state index contributed by atoms with van der Waals surface area (Å²) in [7, 11) is 1.58. The van der Waals surface area contributed by atoms with Gasteiger partial charge in [0.15, 0.2) is 0 Å². The molecule has 2 heterocycles. The first kappa shape index (κ1) is 24.3. The van der Waals surface area contributed by atoms with Crippen LogP contribution in [0.5, 0.6) is 0 Å². The smallest absolute Gasteiger partial charge is 0.240 e. The number of likely N-dealkylation sites (tertiary alicyclic amines) is 1. The van der Waals surface area contributed by atoms with E-state index in [1.165, 1.54) is 9.70 Å². The van der Waals surface area contributed by atoms with Crippen molar-refractivity contribution in [3.05, 3.63) is 77.6 Å². The van der Waals surface area contributed by atoms with Crippen LogP contribution in [0.15, 0.2) is 60.8 Å². The standard InChI is InChI=1S/C26H29N5O4/c1-19-9-6-7-12-22(19)26(16-24(33)30(25(26)34)13-8-14-35-2)15-23(32)27-17-20-18-28-31(29-20)21-10-4-3-5-11-21/h3-7,9-12,18H,8,13-17H2,1-2H3,(H,27,32)/t26-/m1/s1. The van der Waals surface area contributed by atoms with Crippen LogP contribution in [0, 0.1) is 6.92 Å². The molecule has 0 unspecified atom stereocenters. The molecule has 1 N–H and O–H groups in total. The lowest BCUT2D eigenvalue weighted by molar-refractivity contribution is -0.141. The van der Waals surface area contributed by atoms with Crippen LogP contribution in [0.4, 0.5) is 0 Å². The Labute approximate surface area is 204 Å². The number of carbonyl (C=O) groups is 3. The molecule has 0 spiro atoms. The second-order valence-electron chi connectivity index (χ2n) is 8.69. The number of nitrogens with one attached hydrogen (secondary N) is 1. The van der Waals surface area contributed by atoms with Crippen molar-refractivity contribution in [2.45, 2.75) is 38.1 Å². The number of aryl methyl sites for hydroxylation is 1. The van der Waals surface area contributed by atoms with E-state index >= 15 is 0 Å². The van der Waals surface area contributed by atoms with Gasteiger partial charge in [-0.1, -0.05) is 42.5 Å². The van der Waals surface area contributed by atoms with Crippen molar-refractivity contribution in [2.24, 2.45) is 0 Å². The van der Waals surface area contributed by atoms with Gasteiger partial charge >= 0.3 is 0 Å². The number of hydrogen-bond acceptors (Lipinski definition) is 6. The van der Waals surface area contributed by atoms with Gasteiger partial charge in [-0.25, -0.2) is 0 Å². The lowest BCUT2D eigenvalue weighted by atomic mass is 9.74. The number of rotatable bonds is 10. The lowest BCUT2D eigenvalue weighted by Crippen LogP contribution is -2.43. The van der Waals surface area contributed by atoms with Crippen molar-refractivity contribution >= 4 is 17.7 Å². The van der Waals surface area contributed by atoms with Crippen molar-refractivity contribution in [1.82, 2.24) is 25.2 Å². The molecular weight excluding hydrogens is 446 g/mol. The minimum absolute atomic E-state index is 0.0404. The van der Waals surface area contributed by atoms with Crippen LogP contribution in [-0.4, -0.2) is 57.9 Å². The summed E-state index contributed by atoms with van der Waals surface area (Å²) in [5.41, 5.74) is 1.74. The fraction of sp³-hybridized carbons (Fsp3) is 0.346. The molecule has 0 radical (unpaired) electrons. The molecule has 0 saturated carbocycles. The number of carbonyl (C=O) groups excluding carboxylic acids is 3. The average molecular weight is 476 g/mol. The van der Waals surface area contributed by atoms with Crippen LogP contribution in [0.3, 0.4) is 0 Å². The number of methoxy groups -OCH3 is 1. The van der Waals surface area contributed by atoms with Gasteiger partial charge in [-0.3, -0.25) is 19.3 Å². The minimum Gasteiger partial charge on any atom is -0.385 e. The van der Waals surface area contributed by atoms with Gasteiger partial charge in [0.25, 0.3) is 0 Å². The lowest BCUT2D eigenvalue weighted by Gasteiger charge is -2.28. The molecule has 3 amide bonds. The summed E-state index contributed by atoms with van der Waals surface area (Å²) in [5.74, 6) is -0.937. The topological polar surface area (TPSA) is 106 Å². The zero-order valence-corrected chi connectivity index (χ0v) is 19.9. The van der Waals surface area contributed by atoms with Gasteiger partial charge in [0, 0.05) is 33.1 Å². The molecule has 1 aliphatic heterocycles. The van der Waals surface area contributed by atoms with E-state index in [0.717, 1.165) is 11.3 Å². The zero-order chi connectivity index (χ0) is 24.8. The Morgan fingerprint density at radius 1 is 1.11 bits per heavy atom. The highest BCUT2D eigenvalue weighted by molar-refractivity contribution is 6.10. The quantitative estimate of drug-likeness (QED) is 0.356. The number of para-hydroxylation sites is 1. The number of nitrogens with zero attached hydrogens (tertiary/aromatic N) is 4. The van der Waals surface area contributed by atoms with E-state index < -0.39 is 5.41 Å². The molecule has 1 aliphatic rings. The summed E-state index contributed by atoms with van der Waals surface area (Å²) in [5, 5.41) is 11.5. The molecule has 4 rings (SSSR count). The molecule has 0 aliphatic carbocycles. The van der Waals surface area contributed by atoms with E-state index in [4.69, 9.17) is 4.74 Å². The zero-order valence-electron chi connectivity index (χ0n) is 19.9. The summed E-state index contributed by atoms with van der Waals surface area (Å²) in [4.78, 5) is 42.4. The Morgan fingerprint density at radius 2 is 1.86 bits per heavy atom. The molecule has 2 aromatic carbocycles. The number of ether oxygens (including phenoxy) is 1. The van der Waals surface area contributed by atoms with Gasteiger partial charge < -0.3 is 10.1 Å². The van der Waals surface area contributed by atoms with Gasteiger partial charge in [0.2, 0.25) is 17.7 Å². The molecule has 3 aromatic rings. The molecule has 9 heteroatoms. The molecule has 1 atom stereocenters. The highest BCUT2D eigenvalue weighted by Crippen LogP contribution is 2.41. The van der Waals surface area contributed by atoms with E-state index in [1.54, 1.807) is 13.3 Å². The molecule has 0 bridgehead atoms. The Morgan fingerprint density at radius 3 is 2.60 bits per heavy atom. The van der Waals surface area contributed by atoms with Gasteiger partial charge in [0.05, 0.1) is 23.8 Å². The Hall–Kier alpha value is -3.85. The Balaban J connectivity index is 1.51. The first-order valence-electron chi connectivity index (χ1n) is 11.6. The fourth-order valence-corrected chi connectivity index (χ4v) is 4.53. The maximum Gasteiger partial charge on any atom is 0.240 e. The van der Waals surface area contributed by atoms with Crippen LogP contribution in [0.25, 0.3) is 5.69 Å². The molecule has 1 fully saturated rings. The summed E-state index contributed by atoms with van der Waals surface area (Å²) in [6.07, 6.45) is 1.96. The first-order valence-corrected chi connectivity index (χ1v) is 11.6. The van der Waals surface area contributed by atoms with Gasteiger partial charge in [0.1, 0.15) is 5.69 Å². The van der Waals surface area contributed by atoms with Gasteiger partial charge in [-0.05, 0) is 36.6 Å². The minimum atomic E-state index is -1.23. The predicted octanol–water partition coefficient (Wildman–Crippen LogP) is 2.32. The predicted molar refractivity (Wildman–Crippen MR) is 129 cm³/mol. The van der Waals surface area contributed by atoms with Crippen LogP contribution < -0.4 is 5.32 Å². The van der Waals surface area contributed by atoms with Crippen LogP contribution >= 0.6 is 0 Å². The van der Waals surface area contributed by atoms with Crippen molar-refractivity contribution in [1.29, 1.82) is 0 Å². The summed E-state index contributed by atoms with van der Waals surface area (Å²) in [6.45, 7) is 2.76. The van der Waals surface area contributed by atoms with E-state index in [0.29, 0.717) is 24.3 Å². The number of aromatic nitrogens is 3. The van der Waals surface area contributed by atoms with Crippen molar-refractivity contribution < 1.29 is 19.1 Å². The summed E-state index contributed by atoms with van der Waals surface area (Å²) < 4.78 is 5.07. The normalized spacial score (nSPS) is 17.7. The molecule has 9 nitrogen and oxygen atoms in total.